The summed E-state index contributed by atoms with van der Waals surface area (Å²) in [6.07, 6.45) is 3.47. The van der Waals surface area contributed by atoms with Crippen LogP contribution in [0.3, 0.4) is 0 Å². The second kappa shape index (κ2) is 9.44. The summed E-state index contributed by atoms with van der Waals surface area (Å²) >= 11 is 0. The predicted octanol–water partition coefficient (Wildman–Crippen LogP) is 5.20. The Bertz CT molecular complexity index is 923. The molecule has 1 aliphatic carbocycles. The van der Waals surface area contributed by atoms with Gasteiger partial charge in [-0.2, -0.15) is 0 Å². The first-order valence-electron chi connectivity index (χ1n) is 11.9. The van der Waals surface area contributed by atoms with Crippen molar-refractivity contribution in [2.45, 2.75) is 57.3 Å². The second-order valence-corrected chi connectivity index (χ2v) is 9.84. The van der Waals surface area contributed by atoms with Gasteiger partial charge in [0, 0.05) is 50.3 Å². The van der Waals surface area contributed by atoms with E-state index in [9.17, 15) is 8.78 Å². The Hall–Kier alpha value is -2.05. The van der Waals surface area contributed by atoms with Crippen molar-refractivity contribution in [1.82, 2.24) is 9.88 Å². The average molecular weight is 444 g/mol. The fourth-order valence-corrected chi connectivity index (χ4v) is 4.91. The number of halogens is 2. The van der Waals surface area contributed by atoms with E-state index in [1.165, 1.54) is 0 Å². The van der Waals surface area contributed by atoms with Crippen molar-refractivity contribution in [3.63, 3.8) is 0 Å². The molecule has 2 aromatic rings. The van der Waals surface area contributed by atoms with E-state index in [0.29, 0.717) is 6.42 Å². The number of alkyl halides is 2. The molecule has 4 nitrogen and oxygen atoms in total. The van der Waals surface area contributed by atoms with Crippen LogP contribution in [0.2, 0.25) is 0 Å². The summed E-state index contributed by atoms with van der Waals surface area (Å²) in [6.45, 7) is 9.34. The summed E-state index contributed by atoms with van der Waals surface area (Å²) in [5, 5.41) is 8.92. The number of hydrogen-bond acceptors (Lipinski definition) is 4. The van der Waals surface area contributed by atoms with E-state index >= 15 is 0 Å². The van der Waals surface area contributed by atoms with Crippen molar-refractivity contribution >= 4 is 5.82 Å². The zero-order valence-corrected chi connectivity index (χ0v) is 19.3. The van der Waals surface area contributed by atoms with Crippen LogP contribution in [0.15, 0.2) is 36.4 Å². The van der Waals surface area contributed by atoms with Crippen molar-refractivity contribution in [2.75, 3.05) is 44.2 Å². The summed E-state index contributed by atoms with van der Waals surface area (Å²) in [5.74, 6) is -1.80. The third-order valence-electron chi connectivity index (χ3n) is 7.07. The molecule has 1 N–H and O–H groups in total. The van der Waals surface area contributed by atoms with E-state index in [4.69, 9.17) is 10.1 Å². The lowest BCUT2D eigenvalue weighted by atomic mass is 9.71. The van der Waals surface area contributed by atoms with Crippen LogP contribution < -0.4 is 4.90 Å². The maximum Gasteiger partial charge on any atom is 0.273 e. The lowest BCUT2D eigenvalue weighted by Gasteiger charge is -2.37. The molecule has 32 heavy (non-hydrogen) atoms. The Morgan fingerprint density at radius 2 is 1.72 bits per heavy atom. The highest BCUT2D eigenvalue weighted by molar-refractivity contribution is 5.64. The normalized spacial score (nSPS) is 20.2. The number of aliphatic hydroxyl groups is 1. The smallest absolute Gasteiger partial charge is 0.273 e. The molecule has 6 heteroatoms. The largest absolute Gasteiger partial charge is 0.396 e. The van der Waals surface area contributed by atoms with Gasteiger partial charge in [0.05, 0.1) is 5.69 Å². The van der Waals surface area contributed by atoms with Gasteiger partial charge in [-0.3, -0.25) is 4.90 Å². The third-order valence-corrected chi connectivity index (χ3v) is 7.07. The lowest BCUT2D eigenvalue weighted by molar-refractivity contribution is -0.0307. The third kappa shape index (κ3) is 4.96. The SMILES string of the molecule is CC1(C)CCC(F)(F)c2ccc(-c3cccc(N4CCN(CCCCCO)CC4)n3)cc21. The molecular weight excluding hydrogens is 408 g/mol. The number of aromatic nitrogens is 1. The van der Waals surface area contributed by atoms with Crippen LogP contribution in [0, 0.1) is 0 Å². The van der Waals surface area contributed by atoms with Gasteiger partial charge < -0.3 is 10.0 Å². The van der Waals surface area contributed by atoms with Crippen LogP contribution in [0.25, 0.3) is 11.3 Å². The summed E-state index contributed by atoms with van der Waals surface area (Å²) in [4.78, 5) is 9.69. The van der Waals surface area contributed by atoms with Gasteiger partial charge in [0.15, 0.2) is 0 Å². The van der Waals surface area contributed by atoms with Crippen molar-refractivity contribution in [1.29, 1.82) is 0 Å². The van der Waals surface area contributed by atoms with Gasteiger partial charge >= 0.3 is 0 Å². The van der Waals surface area contributed by atoms with Crippen molar-refractivity contribution in [3.05, 3.63) is 47.5 Å². The van der Waals surface area contributed by atoms with E-state index in [0.717, 1.165) is 74.6 Å². The van der Waals surface area contributed by atoms with Crippen LogP contribution in [0.5, 0.6) is 0 Å². The molecular formula is C26H35F2N3O. The molecule has 1 aromatic carbocycles. The van der Waals surface area contributed by atoms with E-state index < -0.39 is 5.92 Å². The highest BCUT2D eigenvalue weighted by Crippen LogP contribution is 2.48. The fourth-order valence-electron chi connectivity index (χ4n) is 4.91. The Morgan fingerprint density at radius 3 is 2.47 bits per heavy atom. The number of anilines is 1. The Morgan fingerprint density at radius 1 is 0.938 bits per heavy atom. The zero-order chi connectivity index (χ0) is 22.8. The van der Waals surface area contributed by atoms with E-state index in [1.54, 1.807) is 12.1 Å². The molecule has 0 amide bonds. The van der Waals surface area contributed by atoms with E-state index in [1.807, 2.05) is 24.3 Å². The predicted molar refractivity (Wildman–Crippen MR) is 125 cm³/mol. The molecule has 1 saturated heterocycles. The maximum atomic E-state index is 14.5. The Balaban J connectivity index is 1.47. The summed E-state index contributed by atoms with van der Waals surface area (Å²) < 4.78 is 29.0. The first-order valence-corrected chi connectivity index (χ1v) is 11.9. The Labute approximate surface area is 190 Å². The van der Waals surface area contributed by atoms with E-state index in [2.05, 4.69) is 23.6 Å². The van der Waals surface area contributed by atoms with Gasteiger partial charge in [-0.1, -0.05) is 32.0 Å². The highest BCUT2D eigenvalue weighted by Gasteiger charge is 2.43. The molecule has 2 heterocycles. The first-order chi connectivity index (χ1) is 15.3. The van der Waals surface area contributed by atoms with Crippen molar-refractivity contribution in [2.24, 2.45) is 0 Å². The van der Waals surface area contributed by atoms with Gasteiger partial charge in [0.1, 0.15) is 5.82 Å². The number of hydrogen-bond donors (Lipinski definition) is 1. The minimum atomic E-state index is -2.75. The molecule has 1 aromatic heterocycles. The van der Waals surface area contributed by atoms with Crippen LogP contribution in [-0.2, 0) is 11.3 Å². The van der Waals surface area contributed by atoms with Gasteiger partial charge in [0.2, 0.25) is 0 Å². The number of aliphatic hydroxyl groups excluding tert-OH is 1. The van der Waals surface area contributed by atoms with Crippen molar-refractivity contribution < 1.29 is 13.9 Å². The highest BCUT2D eigenvalue weighted by atomic mass is 19.3. The molecule has 2 aliphatic rings. The molecule has 0 bridgehead atoms. The number of pyridine rings is 1. The molecule has 1 fully saturated rings. The fraction of sp³-hybridized carbons (Fsp3) is 0.577. The van der Waals surface area contributed by atoms with Gasteiger partial charge in [-0.05, 0) is 61.4 Å². The molecule has 174 valence electrons. The first kappa shape index (κ1) is 23.1. The van der Waals surface area contributed by atoms with Gasteiger partial charge in [0.25, 0.3) is 5.92 Å². The number of benzene rings is 1. The minimum Gasteiger partial charge on any atom is -0.396 e. The molecule has 0 spiro atoms. The number of piperazine rings is 1. The van der Waals surface area contributed by atoms with Gasteiger partial charge in [-0.15, -0.1) is 0 Å². The zero-order valence-electron chi connectivity index (χ0n) is 19.3. The summed E-state index contributed by atoms with van der Waals surface area (Å²) in [5.41, 5.74) is 2.38. The van der Waals surface area contributed by atoms with Crippen molar-refractivity contribution in [3.8, 4) is 11.3 Å². The standard InChI is InChI=1S/C26H35F2N3O/c1-25(2)11-12-26(27,28)21-10-9-20(19-22(21)25)23-7-6-8-24(29-23)31-16-14-30(15-17-31)13-4-3-5-18-32/h6-10,19,32H,3-5,11-18H2,1-2H3. The second-order valence-electron chi connectivity index (χ2n) is 9.84. The molecule has 0 atom stereocenters. The average Bonchev–Trinajstić information content (AvgIpc) is 2.80. The molecule has 0 saturated carbocycles. The van der Waals surface area contributed by atoms with Crippen LogP contribution in [-0.4, -0.2) is 54.3 Å². The van der Waals surface area contributed by atoms with Crippen LogP contribution >= 0.6 is 0 Å². The van der Waals surface area contributed by atoms with Crippen LogP contribution in [0.4, 0.5) is 14.6 Å². The topological polar surface area (TPSA) is 39.6 Å². The summed E-state index contributed by atoms with van der Waals surface area (Å²) in [7, 11) is 0. The maximum absolute atomic E-state index is 14.5. The van der Waals surface area contributed by atoms with Gasteiger partial charge in [-0.25, -0.2) is 13.8 Å². The molecule has 1 aliphatic heterocycles. The minimum absolute atomic E-state index is 0.0898. The quantitative estimate of drug-likeness (QED) is 0.598. The monoisotopic (exact) mass is 443 g/mol. The Kier molecular flexibility index (Phi) is 6.82. The van der Waals surface area contributed by atoms with E-state index in [-0.39, 0.29) is 24.0 Å². The number of unbranched alkanes of at least 4 members (excludes halogenated alkanes) is 2. The number of rotatable bonds is 7. The molecule has 0 radical (unpaired) electrons. The van der Waals surface area contributed by atoms with Crippen LogP contribution in [0.1, 0.15) is 57.1 Å². The summed E-state index contributed by atoms with van der Waals surface area (Å²) in [6, 6.07) is 11.4. The number of nitrogens with zero attached hydrogens (tertiary/aromatic N) is 3. The molecule has 4 rings (SSSR count). The molecule has 0 unspecified atom stereocenters. The lowest BCUT2D eigenvalue weighted by Crippen LogP contribution is -2.46. The number of fused-ring (bicyclic) bond motifs is 1.